The fraction of sp³-hybridized carbons (Fsp3) is 0.677. The standard InChI is InChI=1S/C11H19N3O4.C9H15N3O3.C9H12N2O.C2H6N2O/c1-12-5-3-6(15)8-9(17)7(16)4-14(8)10(5)13(2)11(12)18;13-4-2-1-3-12-6(4)7(14)5-8(12)11-9(15)10-5;1-11(9(10)12)7-8-5-3-2-4-6-8;1-4-2(3)5/h5-10,15-17H,3-4H2,1-2H3;4-8,13-14H,1-3H2,(H2,10,11,15);2-6H,7H2,1H3,(H2,10,12);1H3,(H3,3,4,5)/t5?,6-,7-,8-,9-,10?;4-,5+,6-,7-,8?;;/m11../s1. The summed E-state index contributed by atoms with van der Waals surface area (Å²) in [4.78, 5) is 51.8. The number of aliphatic hydroxyl groups is 5. The number of piperidine rings is 2. The average molecular weight is 709 g/mol. The number of hydrogen-bond donors (Lipinski definition) is 10. The highest BCUT2D eigenvalue weighted by Crippen LogP contribution is 2.38. The van der Waals surface area contributed by atoms with Gasteiger partial charge in [0.05, 0.1) is 54.7 Å². The van der Waals surface area contributed by atoms with E-state index in [0.717, 1.165) is 24.9 Å². The van der Waals surface area contributed by atoms with Gasteiger partial charge >= 0.3 is 24.1 Å². The summed E-state index contributed by atoms with van der Waals surface area (Å²) in [7, 11) is 6.59. The molecular formula is C31H52N10O9. The lowest BCUT2D eigenvalue weighted by molar-refractivity contribution is -0.0762. The normalized spacial score (nSPS) is 35.3. The number of carbonyl (C=O) groups excluding carboxylic acids is 4. The highest BCUT2D eigenvalue weighted by Gasteiger charge is 2.58. The van der Waals surface area contributed by atoms with Crippen molar-refractivity contribution in [2.24, 2.45) is 11.5 Å². The number of amides is 8. The first-order valence-electron chi connectivity index (χ1n) is 16.6. The summed E-state index contributed by atoms with van der Waals surface area (Å²) >= 11 is 0. The number of urea groups is 4. The van der Waals surface area contributed by atoms with Gasteiger partial charge in [-0.1, -0.05) is 30.3 Å². The van der Waals surface area contributed by atoms with Crippen LogP contribution in [0.25, 0.3) is 0 Å². The molecule has 0 radical (unpaired) electrons. The molecule has 6 fully saturated rings. The van der Waals surface area contributed by atoms with Crippen molar-refractivity contribution in [3.05, 3.63) is 35.9 Å². The molecule has 0 spiro atoms. The van der Waals surface area contributed by atoms with Crippen LogP contribution in [0.1, 0.15) is 24.8 Å². The van der Waals surface area contributed by atoms with Crippen molar-refractivity contribution in [2.45, 2.75) is 92.8 Å². The van der Waals surface area contributed by atoms with Gasteiger partial charge in [-0.15, -0.1) is 0 Å². The largest absolute Gasteiger partial charge is 0.391 e. The van der Waals surface area contributed by atoms with Gasteiger partial charge in [0, 0.05) is 47.8 Å². The van der Waals surface area contributed by atoms with Crippen molar-refractivity contribution >= 4 is 24.1 Å². The van der Waals surface area contributed by atoms with Crippen LogP contribution in [0.4, 0.5) is 19.2 Å². The van der Waals surface area contributed by atoms with Crippen molar-refractivity contribution in [1.29, 1.82) is 0 Å². The number of rotatable bonds is 2. The quantitative estimate of drug-likeness (QED) is 0.144. The Labute approximate surface area is 290 Å². The molecule has 6 aliphatic rings. The molecule has 280 valence electrons. The van der Waals surface area contributed by atoms with E-state index in [-0.39, 0.29) is 49.1 Å². The lowest BCUT2D eigenvalue weighted by Gasteiger charge is -2.44. The molecule has 11 atom stereocenters. The number of nitrogens with two attached hydrogens (primary N) is 2. The third kappa shape index (κ3) is 8.14. The molecule has 7 rings (SSSR count). The molecule has 0 aromatic heterocycles. The van der Waals surface area contributed by atoms with Crippen molar-refractivity contribution < 1.29 is 44.7 Å². The second-order valence-electron chi connectivity index (χ2n) is 13.3. The number of primary amides is 2. The number of likely N-dealkylation sites (N-methyl/N-ethyl adjacent to an activating group) is 2. The average Bonchev–Trinajstić information content (AvgIpc) is 3.76. The van der Waals surface area contributed by atoms with Gasteiger partial charge in [0.15, 0.2) is 0 Å². The van der Waals surface area contributed by atoms with Crippen LogP contribution >= 0.6 is 0 Å². The monoisotopic (exact) mass is 708 g/mol. The Balaban J connectivity index is 0.000000161. The number of fused-ring (bicyclic) bond motifs is 6. The zero-order valence-electron chi connectivity index (χ0n) is 28.7. The Kier molecular flexibility index (Phi) is 12.7. The highest BCUT2D eigenvalue weighted by atomic mass is 16.3. The Morgan fingerprint density at radius 2 is 1.54 bits per heavy atom. The zero-order valence-corrected chi connectivity index (χ0v) is 28.7. The summed E-state index contributed by atoms with van der Waals surface area (Å²) in [5.74, 6) is 0. The smallest absolute Gasteiger partial charge is 0.321 e. The van der Waals surface area contributed by atoms with Gasteiger partial charge in [0.1, 0.15) is 12.3 Å². The van der Waals surface area contributed by atoms with Gasteiger partial charge in [-0.2, -0.15) is 0 Å². The maximum atomic E-state index is 11.9. The van der Waals surface area contributed by atoms with Gasteiger partial charge in [0.2, 0.25) is 0 Å². The van der Waals surface area contributed by atoms with Gasteiger partial charge in [-0.3, -0.25) is 9.80 Å². The topological polar surface area (TPSA) is 274 Å². The van der Waals surface area contributed by atoms with Crippen molar-refractivity contribution in [3.8, 4) is 0 Å². The van der Waals surface area contributed by atoms with E-state index in [1.54, 1.807) is 30.9 Å². The van der Waals surface area contributed by atoms with Crippen LogP contribution < -0.4 is 27.4 Å². The van der Waals surface area contributed by atoms with Gasteiger partial charge in [0.25, 0.3) is 0 Å². The molecule has 19 nitrogen and oxygen atoms in total. The van der Waals surface area contributed by atoms with E-state index < -0.39 is 48.6 Å². The molecule has 8 amide bonds. The molecule has 50 heavy (non-hydrogen) atoms. The second kappa shape index (κ2) is 16.4. The first-order valence-corrected chi connectivity index (χ1v) is 16.6. The molecule has 12 N–H and O–H groups in total. The van der Waals surface area contributed by atoms with Crippen molar-refractivity contribution in [1.82, 2.24) is 40.4 Å². The van der Waals surface area contributed by atoms with E-state index in [1.807, 2.05) is 40.1 Å². The van der Waals surface area contributed by atoms with Crippen LogP contribution in [0.15, 0.2) is 30.3 Å². The fourth-order valence-electron chi connectivity index (χ4n) is 7.65. The first kappa shape index (κ1) is 38.8. The van der Waals surface area contributed by atoms with E-state index >= 15 is 0 Å². The Morgan fingerprint density at radius 3 is 2.14 bits per heavy atom. The minimum absolute atomic E-state index is 0.0891. The third-order valence-electron chi connectivity index (χ3n) is 10.2. The van der Waals surface area contributed by atoms with Crippen LogP contribution in [0.5, 0.6) is 0 Å². The summed E-state index contributed by atoms with van der Waals surface area (Å²) in [6.45, 7) is 1.67. The summed E-state index contributed by atoms with van der Waals surface area (Å²) in [5, 5.41) is 57.3. The Hall–Kier alpha value is -3.98. The number of carbonyl (C=O) groups is 4. The van der Waals surface area contributed by atoms with E-state index in [0.29, 0.717) is 13.0 Å². The van der Waals surface area contributed by atoms with E-state index in [1.165, 1.54) is 11.9 Å². The van der Waals surface area contributed by atoms with Gasteiger partial charge < -0.3 is 67.7 Å². The molecule has 0 saturated carbocycles. The van der Waals surface area contributed by atoms with Crippen LogP contribution in [0.3, 0.4) is 0 Å². The summed E-state index contributed by atoms with van der Waals surface area (Å²) in [6.07, 6.45) is -1.97. The van der Waals surface area contributed by atoms with Crippen LogP contribution in [-0.2, 0) is 6.54 Å². The highest BCUT2D eigenvalue weighted by molar-refractivity contribution is 5.78. The Morgan fingerprint density at radius 1 is 0.920 bits per heavy atom. The maximum Gasteiger partial charge on any atom is 0.321 e. The van der Waals surface area contributed by atoms with Crippen LogP contribution in [0.2, 0.25) is 0 Å². The molecule has 0 aliphatic carbocycles. The molecule has 6 saturated heterocycles. The number of aliphatic hydroxyl groups excluding tert-OH is 5. The van der Waals surface area contributed by atoms with Crippen LogP contribution in [-0.4, -0.2) is 182 Å². The molecule has 1 aromatic rings. The van der Waals surface area contributed by atoms with Gasteiger partial charge in [-0.05, 0) is 24.8 Å². The SMILES string of the molecule is CN(Cc1ccccc1)C(N)=O.CN1C(=O)N(C)C2C1C[C@@H](O)[C@@H]1[C@H](O)[C@H](O)CN21.CNC(N)=O.O=C1NC2[C@@H](N1)[C@@H](O)[C@H]1[C@H](O)CCCN21. The van der Waals surface area contributed by atoms with E-state index in [4.69, 9.17) is 5.73 Å². The third-order valence-corrected chi connectivity index (χ3v) is 10.2. The molecule has 1 aromatic carbocycles. The molecule has 3 unspecified atom stereocenters. The van der Waals surface area contributed by atoms with E-state index in [2.05, 4.69) is 21.7 Å². The summed E-state index contributed by atoms with van der Waals surface area (Å²) in [6, 6.07) is 7.41. The predicted octanol–water partition coefficient (Wildman–Crippen LogP) is -3.48. The first-order chi connectivity index (χ1) is 23.6. The predicted molar refractivity (Wildman–Crippen MR) is 179 cm³/mol. The Bertz CT molecular complexity index is 1350. The zero-order chi connectivity index (χ0) is 37.0. The van der Waals surface area contributed by atoms with Crippen molar-refractivity contribution in [2.75, 3.05) is 41.3 Å². The lowest BCUT2D eigenvalue weighted by Crippen LogP contribution is -2.62. The second-order valence-corrected chi connectivity index (χ2v) is 13.3. The number of nitrogens with zero attached hydrogens (tertiary/aromatic N) is 5. The molecule has 6 aliphatic heterocycles. The lowest BCUT2D eigenvalue weighted by atomic mass is 9.91. The van der Waals surface area contributed by atoms with Gasteiger partial charge in [-0.25, -0.2) is 19.2 Å². The van der Waals surface area contributed by atoms with E-state index in [9.17, 15) is 44.7 Å². The maximum absolute atomic E-state index is 11.9. The molecular weight excluding hydrogens is 656 g/mol. The van der Waals surface area contributed by atoms with Crippen molar-refractivity contribution in [3.63, 3.8) is 0 Å². The number of nitrogens with one attached hydrogen (secondary N) is 3. The minimum Gasteiger partial charge on any atom is -0.391 e. The molecule has 0 bridgehead atoms. The minimum atomic E-state index is -0.949. The molecule has 19 heteroatoms. The number of hydrogen-bond acceptors (Lipinski definition) is 11. The summed E-state index contributed by atoms with van der Waals surface area (Å²) in [5.41, 5.74) is 10.7. The summed E-state index contributed by atoms with van der Waals surface area (Å²) < 4.78 is 0. The van der Waals surface area contributed by atoms with Crippen LogP contribution in [0, 0.1) is 0 Å². The fourth-order valence-corrected chi connectivity index (χ4v) is 7.65. The molecule has 6 heterocycles. The number of benzene rings is 1.